The minimum absolute atomic E-state index is 0.0185. The van der Waals surface area contributed by atoms with Gasteiger partial charge >= 0.3 is 6.18 Å². The Balaban J connectivity index is 1.83. The molecule has 1 aliphatic heterocycles. The number of benzene rings is 2. The first-order valence-corrected chi connectivity index (χ1v) is 11.8. The van der Waals surface area contributed by atoms with Gasteiger partial charge < -0.3 is 14.8 Å². The van der Waals surface area contributed by atoms with E-state index in [1.54, 1.807) is 0 Å². The van der Waals surface area contributed by atoms with Crippen molar-refractivity contribution in [1.82, 2.24) is 4.31 Å². The number of anilines is 1. The van der Waals surface area contributed by atoms with E-state index in [4.69, 9.17) is 9.47 Å². The highest BCUT2D eigenvalue weighted by Gasteiger charge is 2.29. The van der Waals surface area contributed by atoms with E-state index >= 15 is 0 Å². The molecule has 1 N–H and O–H groups in total. The summed E-state index contributed by atoms with van der Waals surface area (Å²) in [5, 5.41) is 2.55. The van der Waals surface area contributed by atoms with Crippen LogP contribution in [0, 0.1) is 0 Å². The molecule has 11 heteroatoms. The summed E-state index contributed by atoms with van der Waals surface area (Å²) in [6.07, 6.45) is -1.01. The van der Waals surface area contributed by atoms with Crippen LogP contribution in [0.25, 0.3) is 0 Å². The van der Waals surface area contributed by atoms with Gasteiger partial charge in [-0.3, -0.25) is 4.79 Å². The number of hydrogen-bond donors (Lipinski definition) is 1. The van der Waals surface area contributed by atoms with Gasteiger partial charge in [0.2, 0.25) is 10.0 Å². The zero-order valence-electron chi connectivity index (χ0n) is 18.0. The van der Waals surface area contributed by atoms with E-state index in [-0.39, 0.29) is 27.6 Å². The lowest BCUT2D eigenvalue weighted by atomic mass is 10.2. The molecule has 1 aliphatic rings. The van der Waals surface area contributed by atoms with E-state index in [9.17, 15) is 26.4 Å². The fourth-order valence-electron chi connectivity index (χ4n) is 3.48. The standard InChI is InChI=1S/C22H25F3N2O5S/c1-31-20-10-9-18(33(29,30)27-11-4-2-3-5-12-27)14-19(20)21(28)26-16-7-6-8-17(13-16)32-15-22(23,24)25/h6-10,13-14H,2-5,11-12,15H2,1H3,(H,26,28). The van der Waals surface area contributed by atoms with Crippen molar-refractivity contribution in [3.05, 3.63) is 48.0 Å². The van der Waals surface area contributed by atoms with Crippen molar-refractivity contribution in [3.63, 3.8) is 0 Å². The van der Waals surface area contributed by atoms with Crippen LogP contribution < -0.4 is 14.8 Å². The van der Waals surface area contributed by atoms with E-state index in [0.29, 0.717) is 13.1 Å². The highest BCUT2D eigenvalue weighted by molar-refractivity contribution is 7.89. The fraction of sp³-hybridized carbons (Fsp3) is 0.409. The monoisotopic (exact) mass is 486 g/mol. The summed E-state index contributed by atoms with van der Waals surface area (Å²) in [6.45, 7) is -0.629. The molecule has 7 nitrogen and oxygen atoms in total. The van der Waals surface area contributed by atoms with Crippen molar-refractivity contribution >= 4 is 21.6 Å². The smallest absolute Gasteiger partial charge is 0.422 e. The average molecular weight is 487 g/mol. The Hall–Kier alpha value is -2.79. The lowest BCUT2D eigenvalue weighted by molar-refractivity contribution is -0.153. The number of ether oxygens (including phenoxy) is 2. The highest BCUT2D eigenvalue weighted by atomic mass is 32.2. The van der Waals surface area contributed by atoms with Crippen molar-refractivity contribution in [3.8, 4) is 11.5 Å². The Morgan fingerprint density at radius 2 is 1.76 bits per heavy atom. The summed E-state index contributed by atoms with van der Waals surface area (Å²) >= 11 is 0. The zero-order chi connectivity index (χ0) is 24.1. The molecular formula is C22H25F3N2O5S. The first-order chi connectivity index (χ1) is 15.6. The van der Waals surface area contributed by atoms with Gasteiger partial charge in [0, 0.05) is 24.8 Å². The molecule has 33 heavy (non-hydrogen) atoms. The number of halogens is 3. The van der Waals surface area contributed by atoms with Crippen LogP contribution in [0.15, 0.2) is 47.4 Å². The summed E-state index contributed by atoms with van der Waals surface area (Å²) < 4.78 is 74.7. The van der Waals surface area contributed by atoms with Crippen molar-refractivity contribution in [2.45, 2.75) is 36.8 Å². The van der Waals surface area contributed by atoms with Crippen LogP contribution in [-0.2, 0) is 10.0 Å². The second-order valence-electron chi connectivity index (χ2n) is 7.57. The molecule has 0 saturated carbocycles. The second kappa shape index (κ2) is 10.4. The second-order valence-corrected chi connectivity index (χ2v) is 9.50. The van der Waals surface area contributed by atoms with E-state index in [0.717, 1.165) is 25.7 Å². The lowest BCUT2D eigenvalue weighted by Crippen LogP contribution is -2.32. The van der Waals surface area contributed by atoms with Crippen LogP contribution >= 0.6 is 0 Å². The topological polar surface area (TPSA) is 84.9 Å². The Labute approximate surface area is 190 Å². The maximum Gasteiger partial charge on any atom is 0.422 e. The number of rotatable bonds is 7. The Kier molecular flexibility index (Phi) is 7.85. The molecule has 0 unspecified atom stereocenters. The summed E-state index contributed by atoms with van der Waals surface area (Å²) in [5.41, 5.74) is 0.164. The van der Waals surface area contributed by atoms with Crippen molar-refractivity contribution < 1.29 is 35.9 Å². The third-order valence-electron chi connectivity index (χ3n) is 5.11. The maximum absolute atomic E-state index is 13.1. The Morgan fingerprint density at radius 3 is 2.39 bits per heavy atom. The van der Waals surface area contributed by atoms with Gasteiger partial charge in [0.05, 0.1) is 17.6 Å². The maximum atomic E-state index is 13.1. The predicted molar refractivity (Wildman–Crippen MR) is 116 cm³/mol. The predicted octanol–water partition coefficient (Wildman–Crippen LogP) is 4.45. The van der Waals surface area contributed by atoms with Crippen molar-refractivity contribution in [2.75, 3.05) is 32.1 Å². The van der Waals surface area contributed by atoms with E-state index in [1.807, 2.05) is 0 Å². The van der Waals surface area contributed by atoms with Gasteiger partial charge in [0.25, 0.3) is 5.91 Å². The molecule has 0 aromatic heterocycles. The minimum atomic E-state index is -4.49. The zero-order valence-corrected chi connectivity index (χ0v) is 18.8. The van der Waals surface area contributed by atoms with Gasteiger partial charge in [-0.25, -0.2) is 8.42 Å². The molecule has 2 aromatic carbocycles. The van der Waals surface area contributed by atoms with Crippen molar-refractivity contribution in [2.24, 2.45) is 0 Å². The number of sulfonamides is 1. The molecule has 180 valence electrons. The molecule has 3 rings (SSSR count). The quantitative estimate of drug-likeness (QED) is 0.625. The van der Waals surface area contributed by atoms with Gasteiger partial charge in [-0.2, -0.15) is 17.5 Å². The third-order valence-corrected chi connectivity index (χ3v) is 7.01. The number of carbonyl (C=O) groups is 1. The van der Waals surface area contributed by atoms with Gasteiger partial charge in [-0.05, 0) is 43.2 Å². The highest BCUT2D eigenvalue weighted by Crippen LogP contribution is 2.28. The number of alkyl halides is 3. The molecule has 1 fully saturated rings. The number of nitrogens with one attached hydrogen (secondary N) is 1. The van der Waals surface area contributed by atoms with Crippen LogP contribution in [0.2, 0.25) is 0 Å². The summed E-state index contributed by atoms with van der Waals surface area (Å²) in [5.74, 6) is -0.589. The number of amides is 1. The van der Waals surface area contributed by atoms with E-state index in [2.05, 4.69) is 5.32 Å². The van der Waals surface area contributed by atoms with Crippen LogP contribution in [0.1, 0.15) is 36.0 Å². The molecule has 1 saturated heterocycles. The van der Waals surface area contributed by atoms with Gasteiger partial charge in [0.1, 0.15) is 11.5 Å². The molecule has 1 heterocycles. The largest absolute Gasteiger partial charge is 0.496 e. The number of nitrogens with zero attached hydrogens (tertiary/aromatic N) is 1. The summed E-state index contributed by atoms with van der Waals surface area (Å²) in [7, 11) is -2.45. The fourth-order valence-corrected chi connectivity index (χ4v) is 5.03. The summed E-state index contributed by atoms with van der Waals surface area (Å²) in [4.78, 5) is 12.9. The van der Waals surface area contributed by atoms with Gasteiger partial charge in [-0.15, -0.1) is 0 Å². The Morgan fingerprint density at radius 1 is 1.06 bits per heavy atom. The molecule has 2 aromatic rings. The van der Waals surface area contributed by atoms with E-state index < -0.39 is 28.7 Å². The van der Waals surface area contributed by atoms with Gasteiger partial charge in [-0.1, -0.05) is 18.9 Å². The number of methoxy groups -OCH3 is 1. The molecule has 0 bridgehead atoms. The number of carbonyl (C=O) groups excluding carboxylic acids is 1. The van der Waals surface area contributed by atoms with Crippen molar-refractivity contribution in [1.29, 1.82) is 0 Å². The molecule has 1 amide bonds. The Bertz CT molecular complexity index is 1080. The summed E-state index contributed by atoms with van der Waals surface area (Å²) in [6, 6.07) is 9.52. The van der Waals surface area contributed by atoms with Crippen LogP contribution in [0.4, 0.5) is 18.9 Å². The lowest BCUT2D eigenvalue weighted by Gasteiger charge is -2.20. The number of hydrogen-bond acceptors (Lipinski definition) is 5. The van der Waals surface area contributed by atoms with Crippen LogP contribution in [-0.4, -0.2) is 51.6 Å². The molecule has 0 atom stereocenters. The SMILES string of the molecule is COc1ccc(S(=O)(=O)N2CCCCCC2)cc1C(=O)Nc1cccc(OCC(F)(F)F)c1. The van der Waals surface area contributed by atoms with E-state index in [1.165, 1.54) is 53.9 Å². The minimum Gasteiger partial charge on any atom is -0.496 e. The molecule has 0 aliphatic carbocycles. The molecule has 0 spiro atoms. The van der Waals surface area contributed by atoms with Crippen LogP contribution in [0.5, 0.6) is 11.5 Å². The normalized spacial score (nSPS) is 15.5. The first kappa shape index (κ1) is 24.8. The van der Waals surface area contributed by atoms with Gasteiger partial charge in [0.15, 0.2) is 6.61 Å². The molecular weight excluding hydrogens is 461 g/mol. The first-order valence-electron chi connectivity index (χ1n) is 10.4. The third kappa shape index (κ3) is 6.61. The molecule has 0 radical (unpaired) electrons. The average Bonchev–Trinajstić information content (AvgIpc) is 3.07. The van der Waals surface area contributed by atoms with Crippen LogP contribution in [0.3, 0.4) is 0 Å².